The molecule has 2 atom stereocenters. The van der Waals surface area contributed by atoms with Gasteiger partial charge in [-0.05, 0) is 80.6 Å². The van der Waals surface area contributed by atoms with E-state index >= 15 is 0 Å². The fourth-order valence-corrected chi connectivity index (χ4v) is 5.62. The Bertz CT molecular complexity index is 1370. The van der Waals surface area contributed by atoms with Gasteiger partial charge in [0.15, 0.2) is 0 Å². The van der Waals surface area contributed by atoms with Crippen LogP contribution in [0.3, 0.4) is 0 Å². The summed E-state index contributed by atoms with van der Waals surface area (Å²) in [6.45, 7) is 3.84. The summed E-state index contributed by atoms with van der Waals surface area (Å²) in [4.78, 5) is 18.3. The minimum atomic E-state index is -1.20. The van der Waals surface area contributed by atoms with Gasteiger partial charge >= 0.3 is 0 Å². The molecule has 1 N–H and O–H groups in total. The minimum Gasteiger partial charge on any atom is -0.441 e. The molecule has 5 rings (SSSR count). The highest BCUT2D eigenvalue weighted by Crippen LogP contribution is 2.30. The molecule has 1 heterocycles. The number of aryl methyl sites for hydroxylation is 3. The van der Waals surface area contributed by atoms with Crippen LogP contribution in [0.1, 0.15) is 57.4 Å². The van der Waals surface area contributed by atoms with E-state index in [1.54, 1.807) is 12.1 Å². The molecule has 1 aliphatic carbocycles. The quantitative estimate of drug-likeness (QED) is 0.360. The van der Waals surface area contributed by atoms with Crippen molar-refractivity contribution in [3.63, 3.8) is 0 Å². The van der Waals surface area contributed by atoms with Crippen LogP contribution in [0.15, 0.2) is 82.1 Å². The Morgan fingerprint density at radius 2 is 1.77 bits per heavy atom. The first-order valence-corrected chi connectivity index (χ1v) is 13.2. The standard InChI is InChI=1S/C29H28N2O3S/c1-19-10-16-24(17-11-19)35(33)18-27-20(2)34-29(31-27)23-14-12-22(13-15-23)28(32)30-26-9-5-7-21-6-3-4-8-25(21)26/h3-4,6,8,10-17,26H,5,7,9,18H2,1-2H3,(H,30,32)/t26-,35-/m1/s1. The maximum Gasteiger partial charge on any atom is 0.251 e. The van der Waals surface area contributed by atoms with Gasteiger partial charge in [-0.2, -0.15) is 0 Å². The van der Waals surface area contributed by atoms with Crippen LogP contribution in [0.4, 0.5) is 0 Å². The number of amides is 1. The maximum atomic E-state index is 12.9. The number of nitrogens with zero attached hydrogens (tertiary/aromatic N) is 1. The summed E-state index contributed by atoms with van der Waals surface area (Å²) in [5.41, 5.74) is 5.72. The first-order chi connectivity index (χ1) is 17.0. The largest absolute Gasteiger partial charge is 0.441 e. The van der Waals surface area contributed by atoms with E-state index in [0.29, 0.717) is 28.7 Å². The Morgan fingerprint density at radius 1 is 1.03 bits per heavy atom. The molecule has 0 fully saturated rings. The first kappa shape index (κ1) is 23.2. The van der Waals surface area contributed by atoms with Crippen LogP contribution in [0.25, 0.3) is 11.5 Å². The van der Waals surface area contributed by atoms with Gasteiger partial charge < -0.3 is 9.73 Å². The van der Waals surface area contributed by atoms with Crippen LogP contribution in [0, 0.1) is 13.8 Å². The molecule has 1 aliphatic rings. The number of carbonyl (C=O) groups is 1. The lowest BCUT2D eigenvalue weighted by molar-refractivity contribution is 0.0932. The number of fused-ring (bicyclic) bond motifs is 1. The molecular weight excluding hydrogens is 456 g/mol. The van der Waals surface area contributed by atoms with Crippen molar-refractivity contribution in [2.75, 3.05) is 0 Å². The third kappa shape index (κ3) is 5.13. The van der Waals surface area contributed by atoms with Crippen LogP contribution < -0.4 is 5.32 Å². The normalized spacial score (nSPS) is 15.9. The lowest BCUT2D eigenvalue weighted by Gasteiger charge is -2.26. The Hall–Kier alpha value is -3.51. The molecule has 0 aliphatic heterocycles. The summed E-state index contributed by atoms with van der Waals surface area (Å²) in [6.07, 6.45) is 3.08. The number of aromatic nitrogens is 1. The van der Waals surface area contributed by atoms with Gasteiger partial charge in [0.2, 0.25) is 5.89 Å². The first-order valence-electron chi connectivity index (χ1n) is 11.9. The number of nitrogens with one attached hydrogen (secondary N) is 1. The zero-order chi connectivity index (χ0) is 24.4. The van der Waals surface area contributed by atoms with Crippen molar-refractivity contribution in [3.05, 3.63) is 107 Å². The van der Waals surface area contributed by atoms with Gasteiger partial charge in [-0.3, -0.25) is 9.00 Å². The predicted octanol–water partition coefficient (Wildman–Crippen LogP) is 6.07. The van der Waals surface area contributed by atoms with Gasteiger partial charge in [0.25, 0.3) is 5.91 Å². The number of hydrogen-bond donors (Lipinski definition) is 1. The molecule has 1 aromatic heterocycles. The topological polar surface area (TPSA) is 72.2 Å². The number of rotatable bonds is 6. The average Bonchev–Trinajstić information content (AvgIpc) is 3.24. The molecule has 0 bridgehead atoms. The molecule has 3 aromatic carbocycles. The Balaban J connectivity index is 1.27. The molecule has 35 heavy (non-hydrogen) atoms. The minimum absolute atomic E-state index is 0.0403. The SMILES string of the molecule is Cc1ccc([S@](=O)Cc2nc(-c3ccc(C(=O)N[C@@H]4CCCc5ccccc54)cc3)oc2C)cc1. The van der Waals surface area contributed by atoms with Crippen molar-refractivity contribution in [3.8, 4) is 11.5 Å². The van der Waals surface area contributed by atoms with Gasteiger partial charge in [-0.15, -0.1) is 0 Å². The zero-order valence-electron chi connectivity index (χ0n) is 19.9. The van der Waals surface area contributed by atoms with Crippen LogP contribution >= 0.6 is 0 Å². The maximum absolute atomic E-state index is 12.9. The van der Waals surface area contributed by atoms with E-state index in [-0.39, 0.29) is 11.9 Å². The van der Waals surface area contributed by atoms with Crippen molar-refractivity contribution in [1.82, 2.24) is 10.3 Å². The smallest absolute Gasteiger partial charge is 0.251 e. The van der Waals surface area contributed by atoms with Crippen LogP contribution in [0.2, 0.25) is 0 Å². The molecule has 178 valence electrons. The van der Waals surface area contributed by atoms with Crippen LogP contribution in [-0.4, -0.2) is 15.1 Å². The Labute approximate surface area is 208 Å². The Kier molecular flexibility index (Phi) is 6.64. The number of carbonyl (C=O) groups excluding carboxylic acids is 1. The van der Waals surface area contributed by atoms with Crippen molar-refractivity contribution in [2.24, 2.45) is 0 Å². The van der Waals surface area contributed by atoms with Crippen molar-refractivity contribution in [2.45, 2.75) is 49.8 Å². The van der Waals surface area contributed by atoms with E-state index in [9.17, 15) is 9.00 Å². The molecule has 1 amide bonds. The highest BCUT2D eigenvalue weighted by Gasteiger charge is 2.22. The van der Waals surface area contributed by atoms with E-state index in [1.165, 1.54) is 11.1 Å². The molecule has 0 saturated heterocycles. The molecule has 0 spiro atoms. The van der Waals surface area contributed by atoms with Crippen molar-refractivity contribution in [1.29, 1.82) is 0 Å². The van der Waals surface area contributed by atoms with Gasteiger partial charge in [-0.1, -0.05) is 42.0 Å². The third-order valence-electron chi connectivity index (χ3n) is 6.51. The number of benzene rings is 3. The highest BCUT2D eigenvalue weighted by atomic mass is 32.2. The van der Waals surface area contributed by atoms with Gasteiger partial charge in [0, 0.05) is 16.0 Å². The summed E-state index contributed by atoms with van der Waals surface area (Å²) >= 11 is 0. The van der Waals surface area contributed by atoms with Crippen molar-refractivity contribution < 1.29 is 13.4 Å². The Morgan fingerprint density at radius 3 is 2.54 bits per heavy atom. The van der Waals surface area contributed by atoms with E-state index in [4.69, 9.17) is 4.42 Å². The van der Waals surface area contributed by atoms with E-state index in [0.717, 1.165) is 35.3 Å². The molecule has 5 nitrogen and oxygen atoms in total. The lowest BCUT2D eigenvalue weighted by atomic mass is 9.87. The number of hydrogen-bond acceptors (Lipinski definition) is 4. The summed E-state index contributed by atoms with van der Waals surface area (Å²) in [5, 5.41) is 3.19. The number of oxazole rings is 1. The second kappa shape index (κ2) is 10.0. The summed E-state index contributed by atoms with van der Waals surface area (Å²) in [5.74, 6) is 1.32. The van der Waals surface area contributed by atoms with E-state index in [1.807, 2.05) is 56.3 Å². The molecule has 4 aromatic rings. The monoisotopic (exact) mass is 484 g/mol. The second-order valence-electron chi connectivity index (χ2n) is 9.02. The summed E-state index contributed by atoms with van der Waals surface area (Å²) in [7, 11) is -1.20. The molecular formula is C29H28N2O3S. The summed E-state index contributed by atoms with van der Waals surface area (Å²) in [6, 6.07) is 23.3. The average molecular weight is 485 g/mol. The zero-order valence-corrected chi connectivity index (χ0v) is 20.7. The van der Waals surface area contributed by atoms with E-state index in [2.05, 4.69) is 28.5 Å². The third-order valence-corrected chi connectivity index (χ3v) is 7.85. The molecule has 0 saturated carbocycles. The van der Waals surface area contributed by atoms with Crippen LogP contribution in [-0.2, 0) is 23.0 Å². The second-order valence-corrected chi connectivity index (χ2v) is 10.5. The molecule has 6 heteroatoms. The van der Waals surface area contributed by atoms with Crippen LogP contribution in [0.5, 0.6) is 0 Å². The molecule has 0 radical (unpaired) electrons. The fraction of sp³-hybridized carbons (Fsp3) is 0.241. The lowest BCUT2D eigenvalue weighted by Crippen LogP contribution is -2.30. The predicted molar refractivity (Wildman–Crippen MR) is 138 cm³/mol. The fourth-order valence-electron chi connectivity index (χ4n) is 4.49. The van der Waals surface area contributed by atoms with Gasteiger partial charge in [-0.25, -0.2) is 4.98 Å². The highest BCUT2D eigenvalue weighted by molar-refractivity contribution is 7.84. The van der Waals surface area contributed by atoms with Gasteiger partial charge in [0.1, 0.15) is 5.76 Å². The van der Waals surface area contributed by atoms with Gasteiger partial charge in [0.05, 0.1) is 28.3 Å². The van der Waals surface area contributed by atoms with Crippen molar-refractivity contribution >= 4 is 16.7 Å². The summed E-state index contributed by atoms with van der Waals surface area (Å²) < 4.78 is 18.6. The molecule has 0 unspecified atom stereocenters. The van der Waals surface area contributed by atoms with E-state index < -0.39 is 10.8 Å².